The van der Waals surface area contributed by atoms with Gasteiger partial charge < -0.3 is 10.2 Å². The smallest absolute Gasteiger partial charge is 0.269 e. The van der Waals surface area contributed by atoms with E-state index >= 15 is 0 Å². The van der Waals surface area contributed by atoms with Gasteiger partial charge in [-0.2, -0.15) is 0 Å². The number of sulfonamides is 1. The van der Waals surface area contributed by atoms with Crippen LogP contribution in [0, 0.1) is 5.82 Å². The lowest BCUT2D eigenvalue weighted by Crippen LogP contribution is -2.48. The SMILES string of the molecule is CCNC(=O)[C@@H](C)N(Cc1ccc(F)cc1)C(=O)CCN1C(=O)c2ccccc2S1(=O)=O. The highest BCUT2D eigenvalue weighted by atomic mass is 32.2. The lowest BCUT2D eigenvalue weighted by atomic mass is 10.1. The number of rotatable bonds is 8. The first-order chi connectivity index (χ1) is 15.2. The van der Waals surface area contributed by atoms with E-state index in [0.29, 0.717) is 16.4 Å². The maximum atomic E-state index is 13.2. The number of carbonyl (C=O) groups excluding carboxylic acids is 3. The Morgan fingerprint density at radius 2 is 1.78 bits per heavy atom. The first-order valence-corrected chi connectivity index (χ1v) is 11.6. The van der Waals surface area contributed by atoms with Crippen molar-refractivity contribution in [3.63, 3.8) is 0 Å². The Hall–Kier alpha value is -3.27. The monoisotopic (exact) mass is 461 g/mol. The minimum atomic E-state index is -4.03. The minimum Gasteiger partial charge on any atom is -0.355 e. The van der Waals surface area contributed by atoms with E-state index in [1.165, 1.54) is 47.4 Å². The average molecular weight is 462 g/mol. The summed E-state index contributed by atoms with van der Waals surface area (Å²) < 4.78 is 39.3. The molecular formula is C22H24FN3O5S. The molecule has 0 saturated heterocycles. The Labute approximate surface area is 186 Å². The summed E-state index contributed by atoms with van der Waals surface area (Å²) in [6.07, 6.45) is -0.302. The van der Waals surface area contributed by atoms with Gasteiger partial charge in [0.05, 0.1) is 5.56 Å². The minimum absolute atomic E-state index is 0.0261. The van der Waals surface area contributed by atoms with Gasteiger partial charge >= 0.3 is 0 Å². The second kappa shape index (κ2) is 9.47. The van der Waals surface area contributed by atoms with Crippen LogP contribution in [0.3, 0.4) is 0 Å². The van der Waals surface area contributed by atoms with Gasteiger partial charge in [0.15, 0.2) is 0 Å². The number of benzene rings is 2. The van der Waals surface area contributed by atoms with Gasteiger partial charge in [-0.1, -0.05) is 24.3 Å². The van der Waals surface area contributed by atoms with Crippen LogP contribution < -0.4 is 5.32 Å². The van der Waals surface area contributed by atoms with Crippen molar-refractivity contribution < 1.29 is 27.2 Å². The van der Waals surface area contributed by atoms with E-state index in [1.807, 2.05) is 0 Å². The van der Waals surface area contributed by atoms with E-state index in [-0.39, 0.29) is 35.9 Å². The summed E-state index contributed by atoms with van der Waals surface area (Å²) in [6, 6.07) is 10.5. The fraction of sp³-hybridized carbons (Fsp3) is 0.318. The van der Waals surface area contributed by atoms with Gasteiger partial charge in [0.2, 0.25) is 11.8 Å². The quantitative estimate of drug-likeness (QED) is 0.647. The molecule has 0 unspecified atom stereocenters. The summed E-state index contributed by atoms with van der Waals surface area (Å²) in [5.41, 5.74) is 0.673. The van der Waals surface area contributed by atoms with Gasteiger partial charge in [-0.15, -0.1) is 0 Å². The second-order valence-electron chi connectivity index (χ2n) is 7.35. The molecule has 10 heteroatoms. The number of fused-ring (bicyclic) bond motifs is 1. The zero-order valence-electron chi connectivity index (χ0n) is 17.7. The summed E-state index contributed by atoms with van der Waals surface area (Å²) in [5.74, 6) is -2.00. The zero-order valence-corrected chi connectivity index (χ0v) is 18.6. The maximum absolute atomic E-state index is 13.2. The molecule has 170 valence electrons. The number of hydrogen-bond acceptors (Lipinski definition) is 5. The molecule has 8 nitrogen and oxygen atoms in total. The molecule has 0 saturated carbocycles. The van der Waals surface area contributed by atoms with Crippen molar-refractivity contribution in [2.24, 2.45) is 0 Å². The van der Waals surface area contributed by atoms with Crippen LogP contribution >= 0.6 is 0 Å². The number of halogens is 1. The van der Waals surface area contributed by atoms with Crippen LogP contribution in [0.2, 0.25) is 0 Å². The predicted molar refractivity (Wildman–Crippen MR) is 114 cm³/mol. The van der Waals surface area contributed by atoms with E-state index in [9.17, 15) is 27.2 Å². The summed E-state index contributed by atoms with van der Waals surface area (Å²) in [4.78, 5) is 39.2. The number of nitrogens with zero attached hydrogens (tertiary/aromatic N) is 2. The normalized spacial score (nSPS) is 15.2. The van der Waals surface area contributed by atoms with Gasteiger partial charge in [-0.05, 0) is 43.7 Å². The number of amides is 3. The van der Waals surface area contributed by atoms with Crippen molar-refractivity contribution in [1.82, 2.24) is 14.5 Å². The highest BCUT2D eigenvalue weighted by molar-refractivity contribution is 7.90. The molecule has 3 amide bonds. The van der Waals surface area contributed by atoms with Crippen molar-refractivity contribution in [3.05, 3.63) is 65.5 Å². The second-order valence-corrected chi connectivity index (χ2v) is 9.18. The molecule has 0 spiro atoms. The van der Waals surface area contributed by atoms with Crippen LogP contribution in [-0.2, 0) is 26.2 Å². The van der Waals surface area contributed by atoms with Gasteiger partial charge in [0, 0.05) is 26.1 Å². The van der Waals surface area contributed by atoms with Crippen molar-refractivity contribution in [3.8, 4) is 0 Å². The molecule has 1 heterocycles. The van der Waals surface area contributed by atoms with Crippen LogP contribution in [0.1, 0.15) is 36.2 Å². The van der Waals surface area contributed by atoms with Crippen molar-refractivity contribution in [2.45, 2.75) is 37.8 Å². The molecule has 3 rings (SSSR count). The van der Waals surface area contributed by atoms with Crippen molar-refractivity contribution >= 4 is 27.7 Å². The van der Waals surface area contributed by atoms with E-state index in [0.717, 1.165) is 0 Å². The van der Waals surface area contributed by atoms with Gasteiger partial charge in [-0.3, -0.25) is 14.4 Å². The molecular weight excluding hydrogens is 437 g/mol. The Bertz CT molecular complexity index is 1130. The number of hydrogen-bond donors (Lipinski definition) is 1. The molecule has 0 bridgehead atoms. The highest BCUT2D eigenvalue weighted by Crippen LogP contribution is 2.30. The summed E-state index contributed by atoms with van der Waals surface area (Å²) in [5, 5.41) is 2.65. The fourth-order valence-electron chi connectivity index (χ4n) is 3.48. The van der Waals surface area contributed by atoms with Gasteiger partial charge in [-0.25, -0.2) is 17.1 Å². The Morgan fingerprint density at radius 1 is 1.12 bits per heavy atom. The van der Waals surface area contributed by atoms with Crippen LogP contribution in [0.5, 0.6) is 0 Å². The summed E-state index contributed by atoms with van der Waals surface area (Å²) >= 11 is 0. The predicted octanol–water partition coefficient (Wildman–Crippen LogP) is 1.91. The Morgan fingerprint density at radius 3 is 2.41 bits per heavy atom. The van der Waals surface area contributed by atoms with E-state index in [1.54, 1.807) is 19.9 Å². The zero-order chi connectivity index (χ0) is 23.5. The lowest BCUT2D eigenvalue weighted by Gasteiger charge is -2.29. The van der Waals surface area contributed by atoms with Crippen LogP contribution in [0.25, 0.3) is 0 Å². The molecule has 32 heavy (non-hydrogen) atoms. The Balaban J connectivity index is 1.78. The number of nitrogens with one attached hydrogen (secondary N) is 1. The molecule has 2 aromatic carbocycles. The number of likely N-dealkylation sites (N-methyl/N-ethyl adjacent to an activating group) is 1. The molecule has 0 fully saturated rings. The fourth-order valence-corrected chi connectivity index (χ4v) is 5.05. The highest BCUT2D eigenvalue weighted by Gasteiger charge is 2.41. The van der Waals surface area contributed by atoms with E-state index in [4.69, 9.17) is 0 Å². The largest absolute Gasteiger partial charge is 0.355 e. The standard InChI is InChI=1S/C22H24FN3O5S/c1-3-24-21(28)15(2)25(14-16-8-10-17(23)11-9-16)20(27)12-13-26-22(29)18-6-4-5-7-19(18)32(26,30)31/h4-11,15H,3,12-14H2,1-2H3,(H,24,28)/t15-/m1/s1. The topological polar surface area (TPSA) is 104 Å². The third kappa shape index (κ3) is 4.64. The Kier molecular flexibility index (Phi) is 6.93. The van der Waals surface area contributed by atoms with Crippen LogP contribution in [-0.4, -0.2) is 54.5 Å². The van der Waals surface area contributed by atoms with Crippen molar-refractivity contribution in [1.29, 1.82) is 0 Å². The van der Waals surface area contributed by atoms with E-state index < -0.39 is 33.7 Å². The van der Waals surface area contributed by atoms with Gasteiger partial charge in [0.1, 0.15) is 16.8 Å². The summed E-state index contributed by atoms with van der Waals surface area (Å²) in [7, 11) is -4.03. The first kappa shape index (κ1) is 23.4. The molecule has 1 atom stereocenters. The number of carbonyl (C=O) groups is 3. The molecule has 0 aromatic heterocycles. The third-order valence-electron chi connectivity index (χ3n) is 5.23. The molecule has 0 aliphatic carbocycles. The molecule has 1 N–H and O–H groups in total. The maximum Gasteiger partial charge on any atom is 0.269 e. The first-order valence-electron chi connectivity index (χ1n) is 10.1. The summed E-state index contributed by atoms with van der Waals surface area (Å²) in [6.45, 7) is 3.36. The van der Waals surface area contributed by atoms with Crippen molar-refractivity contribution in [2.75, 3.05) is 13.1 Å². The van der Waals surface area contributed by atoms with Crippen LogP contribution in [0.4, 0.5) is 4.39 Å². The van der Waals surface area contributed by atoms with Gasteiger partial charge in [0.25, 0.3) is 15.9 Å². The van der Waals surface area contributed by atoms with Crippen LogP contribution in [0.15, 0.2) is 53.4 Å². The molecule has 2 aromatic rings. The third-order valence-corrected chi connectivity index (χ3v) is 7.07. The lowest BCUT2D eigenvalue weighted by molar-refractivity contribution is -0.140. The molecule has 1 aliphatic heterocycles. The molecule has 1 aliphatic rings. The van der Waals surface area contributed by atoms with E-state index in [2.05, 4.69) is 5.32 Å². The molecule has 0 radical (unpaired) electrons. The average Bonchev–Trinajstić information content (AvgIpc) is 2.97.